The molecule has 1 aliphatic carbocycles. The maximum absolute atomic E-state index is 15.0. The van der Waals surface area contributed by atoms with E-state index in [-0.39, 0.29) is 75.0 Å². The molecule has 23 nitrogen and oxygen atoms in total. The topological polar surface area (TPSA) is 268 Å². The number of para-hydroxylation sites is 1. The van der Waals surface area contributed by atoms with E-state index in [0.29, 0.717) is 19.3 Å². The van der Waals surface area contributed by atoms with Crippen LogP contribution >= 0.6 is 11.6 Å². The number of benzene rings is 2. The van der Waals surface area contributed by atoms with Gasteiger partial charge in [-0.25, -0.2) is 0 Å². The minimum absolute atomic E-state index is 0.0395. The highest BCUT2D eigenvalue weighted by molar-refractivity contribution is 6.31. The number of nitrogens with one attached hydrogen (secondary N) is 4. The van der Waals surface area contributed by atoms with E-state index in [1.165, 1.54) is 61.1 Å². The predicted octanol–water partition coefficient (Wildman–Crippen LogP) is 5.34. The summed E-state index contributed by atoms with van der Waals surface area (Å²) >= 11 is 6.08. The van der Waals surface area contributed by atoms with Crippen LogP contribution in [0.1, 0.15) is 129 Å². The molecule has 2 heterocycles. The summed E-state index contributed by atoms with van der Waals surface area (Å²) in [7, 11) is 7.65. The normalized spacial score (nSPS) is 24.5. The summed E-state index contributed by atoms with van der Waals surface area (Å²) in [4.78, 5) is 167. The van der Waals surface area contributed by atoms with Crippen LogP contribution in [0, 0.1) is 17.8 Å². The van der Waals surface area contributed by atoms with Gasteiger partial charge in [-0.05, 0) is 98.9 Å². The summed E-state index contributed by atoms with van der Waals surface area (Å²) < 4.78 is 87.0. The molecule has 2 saturated heterocycles. The molecule has 4 N–H and O–H groups in total. The number of carbonyl (C=O) groups excluding carboxylic acids is 11. The molecule has 95 heavy (non-hydrogen) atoms. The second-order valence-corrected chi connectivity index (χ2v) is 26.6. The van der Waals surface area contributed by atoms with Gasteiger partial charge in [0.2, 0.25) is 65.0 Å². The summed E-state index contributed by atoms with van der Waals surface area (Å²) in [6.45, 7) is 9.83. The van der Waals surface area contributed by atoms with Crippen molar-refractivity contribution in [1.82, 2.24) is 55.6 Å². The number of fused-ring (bicyclic) bond motifs is 1. The van der Waals surface area contributed by atoms with E-state index in [9.17, 15) is 74.3 Å². The lowest BCUT2D eigenvalue weighted by atomic mass is 9.92. The van der Waals surface area contributed by atoms with Crippen molar-refractivity contribution in [3.8, 4) is 5.75 Å². The van der Waals surface area contributed by atoms with Crippen LogP contribution in [0.3, 0.4) is 0 Å². The molecule has 2 aromatic carbocycles. The molecule has 0 aromatic heterocycles. The SMILES string of the molecule is CC[C@H](C)[C@@H]1NC(=O)[C@H](CC(C)C)N(C)C(=O)C[C@@H](C)NC(=O)[C@H](C(C)C)N(C)C(=O)C2(CCCC2)NC(=O)[C@@H]2CCCN2C(=O)[C@H](CCc2ccc(C(F)(F)F)c(Cl)c2)NC(=O)CN(C)C(=O)[C@H](Cc2ccccc2OC(F)(F)F)N(C)C(=O)CN(C)C(=O)CN(C)C1=O. The fraction of sp³-hybridized carbons (Fsp3) is 0.646. The van der Waals surface area contributed by atoms with Crippen LogP contribution < -0.4 is 26.0 Å². The van der Waals surface area contributed by atoms with Crippen LogP contribution in [0.5, 0.6) is 5.75 Å². The van der Waals surface area contributed by atoms with Gasteiger partial charge in [-0.15, -0.1) is 13.2 Å². The second-order valence-electron chi connectivity index (χ2n) is 26.2. The van der Waals surface area contributed by atoms with Crippen molar-refractivity contribution in [1.29, 1.82) is 0 Å². The molecule has 11 amide bonds. The third kappa shape index (κ3) is 20.6. The van der Waals surface area contributed by atoms with Gasteiger partial charge in [0.05, 0.1) is 30.2 Å². The van der Waals surface area contributed by atoms with Crippen molar-refractivity contribution < 1.29 is 83.8 Å². The standard InChI is InChI=1S/C65H92ClF6N11O12/c1-14-39(6)54-61(93)79(10)35-52(86)77(8)36-53(87)81(12)48(33-42-20-15-16-22-49(42)95-65(70,71)72)60(92)78(9)34-50(84)74-45(26-24-41-23-25-43(44(66)32-41)64(67,68)69)59(91)83-29-19-21-46(83)57(89)76-63(27-17-18-28-63)62(94)82(13)55(38(4)5)58(90)73-40(7)31-51(85)80(11)47(30-37(2)3)56(88)75-54/h15-16,20,22-23,25,32,37-40,45-48,54-55H,14,17-19,21,24,26-31,33-36H2,1-13H3,(H,73,90)(H,74,84)(H,75,88)(H,76,89)/t39-,40+,45-,46-,47-,48-,54-,55-/m0/s1. The zero-order valence-corrected chi connectivity index (χ0v) is 57.1. The van der Waals surface area contributed by atoms with Crippen LogP contribution in [0.15, 0.2) is 42.5 Å². The highest BCUT2D eigenvalue weighted by atomic mass is 35.5. The summed E-state index contributed by atoms with van der Waals surface area (Å²) in [5.41, 5.74) is -2.70. The lowest BCUT2D eigenvalue weighted by Gasteiger charge is -2.39. The number of ether oxygens (including phenoxy) is 1. The Labute approximate surface area is 556 Å². The van der Waals surface area contributed by atoms with E-state index in [1.54, 1.807) is 34.6 Å². The smallest absolute Gasteiger partial charge is 0.406 e. The third-order valence-electron chi connectivity index (χ3n) is 18.0. The van der Waals surface area contributed by atoms with Gasteiger partial charge in [0.15, 0.2) is 0 Å². The monoisotopic (exact) mass is 1370 g/mol. The van der Waals surface area contributed by atoms with E-state index >= 15 is 4.79 Å². The molecule has 3 aliphatic rings. The Balaban J connectivity index is 1.59. The Bertz CT molecular complexity index is 3130. The number of halogens is 7. The maximum atomic E-state index is 15.0. The molecular weight excluding hydrogens is 1280 g/mol. The van der Waals surface area contributed by atoms with E-state index in [0.717, 1.165) is 58.0 Å². The minimum Gasteiger partial charge on any atom is -0.406 e. The van der Waals surface area contributed by atoms with Gasteiger partial charge in [0.1, 0.15) is 47.5 Å². The Kier molecular flexibility index (Phi) is 27.3. The molecule has 2 aliphatic heterocycles. The van der Waals surface area contributed by atoms with Gasteiger partial charge in [-0.2, -0.15) is 13.2 Å². The first kappa shape index (κ1) is 78.0. The first-order chi connectivity index (χ1) is 44.2. The number of hydrogen-bond acceptors (Lipinski definition) is 12. The van der Waals surface area contributed by atoms with Crippen molar-refractivity contribution in [3.05, 3.63) is 64.2 Å². The molecule has 528 valence electrons. The van der Waals surface area contributed by atoms with Gasteiger partial charge < -0.3 is 60.3 Å². The van der Waals surface area contributed by atoms with Gasteiger partial charge in [0, 0.05) is 67.7 Å². The number of carbonyl (C=O) groups is 11. The van der Waals surface area contributed by atoms with Crippen molar-refractivity contribution in [2.45, 2.75) is 186 Å². The number of aryl methyl sites for hydroxylation is 1. The molecule has 30 heteroatoms. The summed E-state index contributed by atoms with van der Waals surface area (Å²) in [6.07, 6.45) is -9.35. The van der Waals surface area contributed by atoms with Gasteiger partial charge in [0.25, 0.3) is 0 Å². The summed E-state index contributed by atoms with van der Waals surface area (Å²) in [6, 6.07) is -1.19. The Morgan fingerprint density at radius 2 is 1.28 bits per heavy atom. The van der Waals surface area contributed by atoms with Crippen LogP contribution in [0.4, 0.5) is 26.3 Å². The highest BCUT2D eigenvalue weighted by Gasteiger charge is 2.50. The van der Waals surface area contributed by atoms with Crippen LogP contribution in [-0.4, -0.2) is 222 Å². The third-order valence-corrected chi connectivity index (χ3v) is 18.3. The molecule has 0 unspecified atom stereocenters. The molecule has 1 spiro atoms. The minimum atomic E-state index is -5.21. The zero-order chi connectivity index (χ0) is 71.4. The van der Waals surface area contributed by atoms with Crippen molar-refractivity contribution in [3.63, 3.8) is 0 Å². The Hall–Kier alpha value is -7.72. The largest absolute Gasteiger partial charge is 0.573 e. The number of alkyl halides is 6. The molecule has 0 bridgehead atoms. The van der Waals surface area contributed by atoms with Crippen LogP contribution in [0.2, 0.25) is 5.02 Å². The average molecular weight is 1370 g/mol. The first-order valence-corrected chi connectivity index (χ1v) is 32.3. The van der Waals surface area contributed by atoms with Crippen molar-refractivity contribution >= 4 is 76.6 Å². The predicted molar refractivity (Wildman–Crippen MR) is 338 cm³/mol. The number of amides is 11. The number of rotatable bonds is 11. The van der Waals surface area contributed by atoms with E-state index in [2.05, 4.69) is 26.0 Å². The average Bonchev–Trinajstić information content (AvgIpc) is 1.73. The molecule has 3 fully saturated rings. The summed E-state index contributed by atoms with van der Waals surface area (Å²) in [5.74, 6) is -10.5. The van der Waals surface area contributed by atoms with E-state index in [4.69, 9.17) is 11.6 Å². The van der Waals surface area contributed by atoms with Crippen LogP contribution in [-0.2, 0) is 71.8 Å². The van der Waals surface area contributed by atoms with E-state index < -0.39 is 180 Å². The fourth-order valence-corrected chi connectivity index (χ4v) is 12.7. The molecule has 2 aromatic rings. The Morgan fingerprint density at radius 3 is 1.87 bits per heavy atom. The summed E-state index contributed by atoms with van der Waals surface area (Å²) in [5, 5.41) is 10.6. The lowest BCUT2D eigenvalue weighted by molar-refractivity contribution is -0.275. The maximum Gasteiger partial charge on any atom is 0.573 e. The number of likely N-dealkylation sites (N-methyl/N-ethyl adjacent to an activating group) is 6. The lowest BCUT2D eigenvalue weighted by Crippen LogP contribution is -2.64. The van der Waals surface area contributed by atoms with E-state index in [1.807, 2.05) is 13.8 Å². The van der Waals surface area contributed by atoms with Gasteiger partial charge in [-0.3, -0.25) is 52.7 Å². The quantitative estimate of drug-likeness (QED) is 0.208. The molecule has 0 radical (unpaired) electrons. The molecule has 5 rings (SSSR count). The highest BCUT2D eigenvalue weighted by Crippen LogP contribution is 2.37. The Morgan fingerprint density at radius 1 is 0.674 bits per heavy atom. The zero-order valence-electron chi connectivity index (χ0n) is 56.3. The number of hydrogen-bond donors (Lipinski definition) is 4. The second kappa shape index (κ2) is 33.3. The van der Waals surface area contributed by atoms with Crippen molar-refractivity contribution in [2.75, 3.05) is 68.5 Å². The van der Waals surface area contributed by atoms with Gasteiger partial charge >= 0.3 is 12.5 Å². The molecule has 8 atom stereocenters. The molecule has 1 saturated carbocycles. The number of nitrogens with zero attached hydrogens (tertiary/aromatic N) is 7. The van der Waals surface area contributed by atoms with Crippen molar-refractivity contribution in [2.24, 2.45) is 17.8 Å². The van der Waals surface area contributed by atoms with Gasteiger partial charge in [-0.1, -0.05) is 96.7 Å². The fourth-order valence-electron chi connectivity index (χ4n) is 12.4. The first-order valence-electron chi connectivity index (χ1n) is 32.0. The molecular formula is C65H92ClF6N11O12. The van der Waals surface area contributed by atoms with Crippen LogP contribution in [0.25, 0.3) is 0 Å².